The first kappa shape index (κ1) is 34.9. The van der Waals surface area contributed by atoms with Crippen LogP contribution in [0.2, 0.25) is 98.2 Å². The number of fused-ring (bicyclic) bond motifs is 2. The lowest BCUT2D eigenvalue weighted by molar-refractivity contribution is 1.65. The van der Waals surface area contributed by atoms with Gasteiger partial charge in [0, 0.05) is 0 Å². The Labute approximate surface area is 302 Å². The van der Waals surface area contributed by atoms with Crippen molar-refractivity contribution in [1.29, 1.82) is 0 Å². The molecule has 6 heteroatoms. The van der Waals surface area contributed by atoms with E-state index in [0.717, 1.165) is 0 Å². The standard InChI is InChI=1S/C43H57BSi5/c1-45(2,3)31-24-34-33-22-21-29-20-19-28-17-16-18-30-23-35(41(33)40(29)39(28)30)44(42(34)36(25-31)47(7,8)9)43-37(48(10,11)12)26-32(46(4,5)6)27-38(43)49(13,14)15/h16-27H,1-15H3. The molecule has 0 spiro atoms. The Balaban J connectivity index is 1.79. The summed E-state index contributed by atoms with van der Waals surface area (Å²) in [4.78, 5) is 0. The molecule has 6 aromatic carbocycles. The van der Waals surface area contributed by atoms with Crippen molar-refractivity contribution in [3.05, 3.63) is 72.8 Å². The van der Waals surface area contributed by atoms with Crippen LogP contribution in [0.5, 0.6) is 0 Å². The topological polar surface area (TPSA) is 0 Å². The van der Waals surface area contributed by atoms with Gasteiger partial charge in [0.25, 0.3) is 0 Å². The van der Waals surface area contributed by atoms with Crippen LogP contribution in [0.4, 0.5) is 0 Å². The largest absolute Gasteiger partial charge is 0.242 e. The van der Waals surface area contributed by atoms with Crippen molar-refractivity contribution in [2.75, 3.05) is 0 Å². The molecule has 0 unspecified atom stereocenters. The summed E-state index contributed by atoms with van der Waals surface area (Å²) in [7, 11) is -8.56. The smallest absolute Gasteiger partial charge is 0.0701 e. The molecule has 0 saturated heterocycles. The van der Waals surface area contributed by atoms with E-state index in [1.165, 1.54) is 43.4 Å². The number of benzene rings is 6. The van der Waals surface area contributed by atoms with Crippen LogP contribution < -0.4 is 42.3 Å². The molecule has 0 fully saturated rings. The van der Waals surface area contributed by atoms with E-state index in [9.17, 15) is 0 Å². The third-order valence-electron chi connectivity index (χ3n) is 11.4. The lowest BCUT2D eigenvalue weighted by atomic mass is 9.33. The highest BCUT2D eigenvalue weighted by Gasteiger charge is 2.43. The molecule has 0 aliphatic carbocycles. The molecule has 49 heavy (non-hydrogen) atoms. The highest BCUT2D eigenvalue weighted by Crippen LogP contribution is 2.40. The van der Waals surface area contributed by atoms with Crippen molar-refractivity contribution < 1.29 is 0 Å². The van der Waals surface area contributed by atoms with E-state index in [4.69, 9.17) is 0 Å². The van der Waals surface area contributed by atoms with Gasteiger partial charge in [0.05, 0.1) is 40.4 Å². The van der Waals surface area contributed by atoms with E-state index in [1.807, 2.05) is 0 Å². The van der Waals surface area contributed by atoms with Gasteiger partial charge in [0.1, 0.15) is 0 Å². The maximum Gasteiger partial charge on any atom is 0.242 e. The third-order valence-corrected chi connectivity index (χ3v) is 21.5. The van der Waals surface area contributed by atoms with Gasteiger partial charge in [-0.1, -0.05) is 213 Å². The fourth-order valence-electron chi connectivity index (χ4n) is 8.67. The second-order valence-electron chi connectivity index (χ2n) is 20.3. The molecule has 0 N–H and O–H groups in total. The van der Waals surface area contributed by atoms with Crippen molar-refractivity contribution in [2.45, 2.75) is 98.2 Å². The van der Waals surface area contributed by atoms with Crippen LogP contribution in [-0.2, 0) is 0 Å². The summed E-state index contributed by atoms with van der Waals surface area (Å²) in [6.45, 7) is 39.0. The molecule has 0 amide bonds. The van der Waals surface area contributed by atoms with E-state index in [1.54, 1.807) is 42.3 Å². The maximum absolute atomic E-state index is 2.75. The molecule has 1 heterocycles. The van der Waals surface area contributed by atoms with Gasteiger partial charge in [-0.25, -0.2) is 0 Å². The minimum absolute atomic E-state index is 0.230. The molecule has 0 bridgehead atoms. The van der Waals surface area contributed by atoms with Crippen LogP contribution in [0.15, 0.2) is 72.8 Å². The Morgan fingerprint density at radius 3 is 1.33 bits per heavy atom. The molecular weight excluding hydrogens is 668 g/mol. The van der Waals surface area contributed by atoms with Crippen molar-refractivity contribution in [2.24, 2.45) is 0 Å². The first-order valence-electron chi connectivity index (χ1n) is 18.6. The predicted octanol–water partition coefficient (Wildman–Crippen LogP) is 7.81. The molecule has 7 rings (SSSR count). The number of hydrogen-bond donors (Lipinski definition) is 0. The molecule has 252 valence electrons. The molecule has 0 saturated carbocycles. The summed E-state index contributed by atoms with van der Waals surface area (Å²) >= 11 is 0. The lowest BCUT2D eigenvalue weighted by Crippen LogP contribution is -2.74. The molecule has 0 aromatic heterocycles. The van der Waals surface area contributed by atoms with Gasteiger partial charge >= 0.3 is 0 Å². The normalized spacial score (nSPS) is 14.4. The van der Waals surface area contributed by atoms with Crippen LogP contribution in [-0.4, -0.2) is 47.1 Å². The summed E-state index contributed by atoms with van der Waals surface area (Å²) in [6.07, 6.45) is 0. The second kappa shape index (κ2) is 11.0. The van der Waals surface area contributed by atoms with E-state index >= 15 is 0 Å². The Kier molecular flexibility index (Phi) is 7.85. The average molecular weight is 725 g/mol. The first-order chi connectivity index (χ1) is 22.5. The van der Waals surface area contributed by atoms with Crippen molar-refractivity contribution in [3.8, 4) is 11.1 Å². The molecule has 1 aliphatic rings. The molecular formula is C43H57BSi5. The predicted molar refractivity (Wildman–Crippen MR) is 242 cm³/mol. The molecule has 0 radical (unpaired) electrons. The summed E-state index contributed by atoms with van der Waals surface area (Å²) in [5.74, 6) is 0. The van der Waals surface area contributed by atoms with E-state index in [-0.39, 0.29) is 6.71 Å². The maximum atomic E-state index is 2.75. The molecule has 0 atom stereocenters. The SMILES string of the molecule is C[Si](C)(C)c1cc2c(c([Si](C)(C)C)c1)B(c1c([Si](C)(C)C)cc([Si](C)(C)C)cc1[Si](C)(C)C)c1cc3cccc4ccc5ccc-2c1c5c43. The fraction of sp³-hybridized carbons (Fsp3) is 0.349. The Morgan fingerprint density at radius 2 is 0.816 bits per heavy atom. The highest BCUT2D eigenvalue weighted by molar-refractivity contribution is 7.11. The number of rotatable bonds is 6. The zero-order valence-electron chi connectivity index (χ0n) is 33.0. The Bertz CT molecular complexity index is 2270. The minimum atomic E-state index is -1.79. The number of hydrogen-bond acceptors (Lipinski definition) is 0. The summed E-state index contributed by atoms with van der Waals surface area (Å²) in [5.41, 5.74) is 7.90. The van der Waals surface area contributed by atoms with Crippen LogP contribution in [0.1, 0.15) is 0 Å². The molecule has 6 aromatic rings. The monoisotopic (exact) mass is 724 g/mol. The summed E-state index contributed by atoms with van der Waals surface area (Å²) in [6, 6.07) is 30.2. The van der Waals surface area contributed by atoms with Crippen LogP contribution in [0, 0.1) is 0 Å². The summed E-state index contributed by atoms with van der Waals surface area (Å²) in [5, 5.41) is 17.0. The zero-order valence-corrected chi connectivity index (χ0v) is 38.0. The second-order valence-corrected chi connectivity index (χ2v) is 45.6. The fourth-order valence-corrected chi connectivity index (χ4v) is 16.6. The van der Waals surface area contributed by atoms with Crippen LogP contribution in [0.25, 0.3) is 43.4 Å². The van der Waals surface area contributed by atoms with E-state index in [2.05, 4.69) is 171 Å². The van der Waals surface area contributed by atoms with Crippen molar-refractivity contribution in [1.82, 2.24) is 0 Å². The average Bonchev–Trinajstić information content (AvgIpc) is 2.97. The van der Waals surface area contributed by atoms with Gasteiger partial charge < -0.3 is 0 Å². The van der Waals surface area contributed by atoms with Crippen LogP contribution in [0.3, 0.4) is 0 Å². The quantitative estimate of drug-likeness (QED) is 0.121. The van der Waals surface area contributed by atoms with Gasteiger partial charge in [-0.2, -0.15) is 0 Å². The Morgan fingerprint density at radius 1 is 0.367 bits per heavy atom. The molecule has 0 nitrogen and oxygen atoms in total. The van der Waals surface area contributed by atoms with E-state index in [0.29, 0.717) is 0 Å². The van der Waals surface area contributed by atoms with E-state index < -0.39 is 40.4 Å². The van der Waals surface area contributed by atoms with Gasteiger partial charge in [-0.15, -0.1) is 0 Å². The van der Waals surface area contributed by atoms with Gasteiger partial charge in [0.2, 0.25) is 6.71 Å². The van der Waals surface area contributed by atoms with Crippen LogP contribution >= 0.6 is 0 Å². The lowest BCUT2D eigenvalue weighted by Gasteiger charge is -2.40. The van der Waals surface area contributed by atoms with Gasteiger partial charge in [-0.05, 0) is 43.4 Å². The molecule has 1 aliphatic heterocycles. The van der Waals surface area contributed by atoms with Crippen molar-refractivity contribution in [3.63, 3.8) is 0 Å². The third kappa shape index (κ3) is 5.65. The first-order valence-corrected chi connectivity index (χ1v) is 36.1. The van der Waals surface area contributed by atoms with Gasteiger partial charge in [0.15, 0.2) is 0 Å². The van der Waals surface area contributed by atoms with Gasteiger partial charge in [-0.3, -0.25) is 0 Å². The van der Waals surface area contributed by atoms with Crippen molar-refractivity contribution >= 4 is 122 Å². The minimum Gasteiger partial charge on any atom is -0.0701 e. The Hall–Kier alpha value is -2.49. The summed E-state index contributed by atoms with van der Waals surface area (Å²) < 4.78 is 0. The highest BCUT2D eigenvalue weighted by atomic mass is 28.3. The zero-order chi connectivity index (χ0) is 35.8.